The van der Waals surface area contributed by atoms with Crippen LogP contribution in [0.3, 0.4) is 0 Å². The van der Waals surface area contributed by atoms with Crippen molar-refractivity contribution in [3.05, 3.63) is 0 Å². The number of fused-ring (bicyclic) bond motifs is 2. The maximum absolute atomic E-state index is 12.5. The third-order valence-electron chi connectivity index (χ3n) is 5.35. The first-order valence-electron chi connectivity index (χ1n) is 8.84. The van der Waals surface area contributed by atoms with Crippen LogP contribution in [0.25, 0.3) is 0 Å². The maximum Gasteiger partial charge on any atom is 0.401 e. The van der Waals surface area contributed by atoms with Gasteiger partial charge in [-0.3, -0.25) is 4.90 Å². The first-order chi connectivity index (χ1) is 11.3. The molecule has 0 radical (unpaired) electrons. The number of nitrogens with zero attached hydrogens (tertiary/aromatic N) is 2. The summed E-state index contributed by atoms with van der Waals surface area (Å²) in [6, 6.07) is -0.00908. The number of alkyl halides is 3. The Kier molecular flexibility index (Phi) is 5.24. The van der Waals surface area contributed by atoms with Gasteiger partial charge in [0.15, 0.2) is 0 Å². The summed E-state index contributed by atoms with van der Waals surface area (Å²) in [7, 11) is 0. The minimum absolute atomic E-state index is 0.0904. The number of urea groups is 1. The van der Waals surface area contributed by atoms with E-state index >= 15 is 0 Å². The third kappa shape index (κ3) is 4.33. The average Bonchev–Trinajstić information content (AvgIpc) is 3.21. The smallest absolute Gasteiger partial charge is 0.373 e. The van der Waals surface area contributed by atoms with Crippen molar-refractivity contribution in [2.24, 2.45) is 5.92 Å². The standard InChI is InChI=1S/C16H26F3N3O2/c1-2-21(10-16(17,18)19)8-11-5-6-22(9-11)15(23)20-13-7-12-3-4-14(13)24-12/h11-14H,2-10H2,1H3,(H,20,23)/t11-,12+,13-,14+/m0/s1. The van der Waals surface area contributed by atoms with Crippen molar-refractivity contribution in [3.8, 4) is 0 Å². The highest BCUT2D eigenvalue weighted by Crippen LogP contribution is 2.34. The number of carbonyl (C=O) groups is 1. The lowest BCUT2D eigenvalue weighted by atomic mass is 9.96. The fourth-order valence-corrected chi connectivity index (χ4v) is 4.13. The van der Waals surface area contributed by atoms with E-state index in [9.17, 15) is 18.0 Å². The molecule has 8 heteroatoms. The molecule has 2 bridgehead atoms. The summed E-state index contributed by atoms with van der Waals surface area (Å²) in [4.78, 5) is 15.5. The van der Waals surface area contributed by atoms with Gasteiger partial charge in [-0.1, -0.05) is 6.92 Å². The lowest BCUT2D eigenvalue weighted by molar-refractivity contribution is -0.146. The van der Waals surface area contributed by atoms with Gasteiger partial charge in [-0.25, -0.2) is 4.79 Å². The minimum atomic E-state index is -4.17. The van der Waals surface area contributed by atoms with Gasteiger partial charge in [-0.2, -0.15) is 13.2 Å². The molecule has 0 unspecified atom stereocenters. The topological polar surface area (TPSA) is 44.8 Å². The first-order valence-corrected chi connectivity index (χ1v) is 8.84. The fraction of sp³-hybridized carbons (Fsp3) is 0.938. The molecule has 138 valence electrons. The number of amides is 2. The van der Waals surface area contributed by atoms with Gasteiger partial charge in [-0.05, 0) is 38.1 Å². The van der Waals surface area contributed by atoms with Crippen molar-refractivity contribution in [2.75, 3.05) is 32.7 Å². The van der Waals surface area contributed by atoms with E-state index in [0.29, 0.717) is 26.2 Å². The molecule has 0 aromatic heterocycles. The zero-order valence-electron chi connectivity index (χ0n) is 14.0. The summed E-state index contributed by atoms with van der Waals surface area (Å²) in [6.45, 7) is 2.75. The van der Waals surface area contributed by atoms with Gasteiger partial charge in [0.2, 0.25) is 0 Å². The second-order valence-corrected chi connectivity index (χ2v) is 7.21. The molecule has 1 N–H and O–H groups in total. The van der Waals surface area contributed by atoms with Crippen molar-refractivity contribution in [1.82, 2.24) is 15.1 Å². The van der Waals surface area contributed by atoms with Crippen LogP contribution in [0, 0.1) is 5.92 Å². The molecule has 3 fully saturated rings. The molecule has 4 atom stereocenters. The van der Waals surface area contributed by atoms with Crippen molar-refractivity contribution in [1.29, 1.82) is 0 Å². The highest BCUT2D eigenvalue weighted by molar-refractivity contribution is 5.75. The number of ether oxygens (including phenoxy) is 1. The highest BCUT2D eigenvalue weighted by Gasteiger charge is 2.42. The van der Waals surface area contributed by atoms with Gasteiger partial charge in [-0.15, -0.1) is 0 Å². The van der Waals surface area contributed by atoms with Gasteiger partial charge in [0.25, 0.3) is 0 Å². The van der Waals surface area contributed by atoms with Crippen molar-refractivity contribution in [3.63, 3.8) is 0 Å². The Morgan fingerprint density at radius 1 is 1.33 bits per heavy atom. The molecule has 5 nitrogen and oxygen atoms in total. The summed E-state index contributed by atoms with van der Waals surface area (Å²) in [6.07, 6.45) is -0.0340. The molecule has 0 spiro atoms. The van der Waals surface area contributed by atoms with Crippen LogP contribution in [0.1, 0.15) is 32.6 Å². The predicted molar refractivity (Wildman–Crippen MR) is 82.7 cm³/mol. The summed E-state index contributed by atoms with van der Waals surface area (Å²) in [5.41, 5.74) is 0. The molecule has 0 saturated carbocycles. The zero-order valence-corrected chi connectivity index (χ0v) is 14.0. The second-order valence-electron chi connectivity index (χ2n) is 7.21. The molecule has 3 aliphatic heterocycles. The Morgan fingerprint density at radius 3 is 2.71 bits per heavy atom. The number of rotatable bonds is 5. The summed E-state index contributed by atoms with van der Waals surface area (Å²) in [5.74, 6) is 0.106. The molecule has 3 heterocycles. The summed E-state index contributed by atoms with van der Waals surface area (Å²) >= 11 is 0. The Labute approximate surface area is 140 Å². The van der Waals surface area contributed by atoms with E-state index < -0.39 is 12.7 Å². The van der Waals surface area contributed by atoms with E-state index in [2.05, 4.69) is 5.32 Å². The van der Waals surface area contributed by atoms with Crippen LogP contribution in [0.2, 0.25) is 0 Å². The SMILES string of the molecule is CCN(C[C@@H]1CCN(C(=O)N[C@H]2C[C@H]3CC[C@H]2O3)C1)CC(F)(F)F. The maximum atomic E-state index is 12.5. The van der Waals surface area contributed by atoms with Gasteiger partial charge >= 0.3 is 12.2 Å². The molecular weight excluding hydrogens is 323 g/mol. The lowest BCUT2D eigenvalue weighted by Gasteiger charge is -2.26. The van der Waals surface area contributed by atoms with Crippen LogP contribution in [-0.2, 0) is 4.74 Å². The van der Waals surface area contributed by atoms with Crippen LogP contribution in [-0.4, -0.2) is 73.0 Å². The van der Waals surface area contributed by atoms with E-state index in [1.807, 2.05) is 0 Å². The number of nitrogens with one attached hydrogen (secondary N) is 1. The second kappa shape index (κ2) is 7.07. The number of carbonyl (C=O) groups excluding carboxylic acids is 1. The largest absolute Gasteiger partial charge is 0.401 e. The van der Waals surface area contributed by atoms with E-state index in [0.717, 1.165) is 25.7 Å². The summed E-state index contributed by atoms with van der Waals surface area (Å²) < 4.78 is 43.4. The predicted octanol–water partition coefficient (Wildman–Crippen LogP) is 2.22. The van der Waals surface area contributed by atoms with Crippen LogP contribution >= 0.6 is 0 Å². The van der Waals surface area contributed by atoms with Gasteiger partial charge in [0.1, 0.15) is 0 Å². The van der Waals surface area contributed by atoms with Crippen LogP contribution in [0.5, 0.6) is 0 Å². The van der Waals surface area contributed by atoms with E-state index in [1.165, 1.54) is 4.90 Å². The average molecular weight is 349 g/mol. The highest BCUT2D eigenvalue weighted by atomic mass is 19.4. The fourth-order valence-electron chi connectivity index (χ4n) is 4.13. The Balaban J connectivity index is 1.43. The molecule has 3 rings (SSSR count). The van der Waals surface area contributed by atoms with E-state index in [4.69, 9.17) is 4.74 Å². The number of halogens is 3. The first kappa shape index (κ1) is 17.8. The number of hydrogen-bond donors (Lipinski definition) is 1. The number of hydrogen-bond acceptors (Lipinski definition) is 3. The van der Waals surface area contributed by atoms with Crippen molar-refractivity contribution in [2.45, 2.75) is 57.0 Å². The van der Waals surface area contributed by atoms with Gasteiger partial charge in [0.05, 0.1) is 24.8 Å². The molecule has 24 heavy (non-hydrogen) atoms. The van der Waals surface area contributed by atoms with Crippen molar-refractivity contribution < 1.29 is 22.7 Å². The monoisotopic (exact) mass is 349 g/mol. The van der Waals surface area contributed by atoms with Crippen LogP contribution in [0.15, 0.2) is 0 Å². The molecule has 2 amide bonds. The molecular formula is C16H26F3N3O2. The van der Waals surface area contributed by atoms with Gasteiger partial charge < -0.3 is 15.0 Å². The van der Waals surface area contributed by atoms with Gasteiger partial charge in [0, 0.05) is 19.6 Å². The van der Waals surface area contributed by atoms with E-state index in [-0.39, 0.29) is 30.2 Å². The molecule has 3 saturated heterocycles. The lowest BCUT2D eigenvalue weighted by Crippen LogP contribution is -2.47. The quantitative estimate of drug-likeness (QED) is 0.828. The van der Waals surface area contributed by atoms with E-state index in [1.54, 1.807) is 11.8 Å². The Hall–Kier alpha value is -1.02. The Bertz CT molecular complexity index is 460. The molecule has 0 aromatic rings. The molecule has 0 aliphatic carbocycles. The normalized spacial score (nSPS) is 32.8. The van der Waals surface area contributed by atoms with Crippen molar-refractivity contribution >= 4 is 6.03 Å². The summed E-state index contributed by atoms with van der Waals surface area (Å²) in [5, 5.41) is 3.05. The van der Waals surface area contributed by atoms with Crippen LogP contribution in [0.4, 0.5) is 18.0 Å². The Morgan fingerprint density at radius 2 is 2.12 bits per heavy atom. The minimum Gasteiger partial charge on any atom is -0.373 e. The zero-order chi connectivity index (χ0) is 17.3. The molecule has 0 aromatic carbocycles. The third-order valence-corrected chi connectivity index (χ3v) is 5.35. The molecule has 3 aliphatic rings. The number of likely N-dealkylation sites (tertiary alicyclic amines) is 1. The van der Waals surface area contributed by atoms with Crippen LogP contribution < -0.4 is 5.32 Å².